The lowest BCUT2D eigenvalue weighted by atomic mass is 9.93. The van der Waals surface area contributed by atoms with E-state index in [2.05, 4.69) is 13.8 Å². The van der Waals surface area contributed by atoms with Crippen LogP contribution in [0.3, 0.4) is 0 Å². The van der Waals surface area contributed by atoms with Crippen molar-refractivity contribution in [1.29, 1.82) is 0 Å². The molecule has 4 rings (SSSR count). The Labute approximate surface area is 227 Å². The predicted octanol–water partition coefficient (Wildman–Crippen LogP) is 6.51. The number of ketones is 1. The molecule has 1 aliphatic heterocycles. The molecule has 1 atom stereocenters. The molecule has 1 saturated heterocycles. The highest BCUT2D eigenvalue weighted by atomic mass is 35.5. The smallest absolute Gasteiger partial charge is 0.300 e. The molecule has 3 aromatic carbocycles. The van der Waals surface area contributed by atoms with E-state index in [-0.39, 0.29) is 21.9 Å². The van der Waals surface area contributed by atoms with Crippen molar-refractivity contribution in [3.63, 3.8) is 0 Å². The Kier molecular flexibility index (Phi) is 7.97. The van der Waals surface area contributed by atoms with Crippen LogP contribution in [0.5, 0.6) is 17.2 Å². The summed E-state index contributed by atoms with van der Waals surface area (Å²) in [4.78, 5) is 28.4. The standard InChI is InChI=1S/C30H30ClNO6/c1-6-38-21-13-11-20(12-14-21)32-27(19-9-7-18(8-10-19)17(2)3)26(29(34)30(32)35)28(33)22-15-23(31)25(37-5)16-24(22)36-4/h7-17,27,33H,6H2,1-5H3/b28-26+. The zero-order chi connectivity index (χ0) is 27.6. The number of carbonyl (C=O) groups excluding carboxylic acids is 2. The first-order valence-corrected chi connectivity index (χ1v) is 12.6. The van der Waals surface area contributed by atoms with Crippen LogP contribution in [0, 0.1) is 0 Å². The maximum Gasteiger partial charge on any atom is 0.300 e. The number of nitrogens with zero attached hydrogens (tertiary/aromatic N) is 1. The Morgan fingerprint density at radius 3 is 2.16 bits per heavy atom. The van der Waals surface area contributed by atoms with E-state index in [1.807, 2.05) is 31.2 Å². The quantitative estimate of drug-likeness (QED) is 0.201. The van der Waals surface area contributed by atoms with Crippen molar-refractivity contribution >= 4 is 34.7 Å². The van der Waals surface area contributed by atoms with Crippen molar-refractivity contribution in [2.24, 2.45) is 0 Å². The normalized spacial score (nSPS) is 16.7. The molecule has 198 valence electrons. The van der Waals surface area contributed by atoms with Crippen LogP contribution < -0.4 is 19.1 Å². The number of amides is 1. The molecular formula is C30H30ClNO6. The van der Waals surface area contributed by atoms with E-state index in [1.165, 1.54) is 31.3 Å². The molecule has 1 N–H and O–H groups in total. The number of carbonyl (C=O) groups is 2. The van der Waals surface area contributed by atoms with Crippen LogP contribution in [0.2, 0.25) is 5.02 Å². The number of methoxy groups -OCH3 is 2. The number of rotatable bonds is 8. The van der Waals surface area contributed by atoms with Gasteiger partial charge in [0.05, 0.1) is 43.0 Å². The van der Waals surface area contributed by atoms with Crippen molar-refractivity contribution in [2.75, 3.05) is 25.7 Å². The molecule has 1 unspecified atom stereocenters. The van der Waals surface area contributed by atoms with Gasteiger partial charge in [-0.1, -0.05) is 49.7 Å². The zero-order valence-electron chi connectivity index (χ0n) is 21.9. The van der Waals surface area contributed by atoms with Crippen molar-refractivity contribution < 1.29 is 28.9 Å². The van der Waals surface area contributed by atoms with Crippen LogP contribution in [0.15, 0.2) is 66.2 Å². The number of ether oxygens (including phenoxy) is 3. The minimum atomic E-state index is -0.889. The van der Waals surface area contributed by atoms with Crippen molar-refractivity contribution in [3.05, 3.63) is 87.9 Å². The van der Waals surface area contributed by atoms with Crippen molar-refractivity contribution in [3.8, 4) is 17.2 Å². The van der Waals surface area contributed by atoms with Gasteiger partial charge in [0.2, 0.25) is 0 Å². The van der Waals surface area contributed by atoms with Crippen LogP contribution in [0.1, 0.15) is 49.4 Å². The van der Waals surface area contributed by atoms with Gasteiger partial charge in [0, 0.05) is 11.8 Å². The van der Waals surface area contributed by atoms with Crippen LogP contribution in [0.4, 0.5) is 5.69 Å². The second kappa shape index (κ2) is 11.2. The Balaban J connectivity index is 1.94. The van der Waals surface area contributed by atoms with Crippen LogP contribution >= 0.6 is 11.6 Å². The maximum atomic E-state index is 13.5. The molecule has 0 saturated carbocycles. The second-order valence-corrected chi connectivity index (χ2v) is 9.51. The fourth-order valence-electron chi connectivity index (χ4n) is 4.54. The lowest BCUT2D eigenvalue weighted by Gasteiger charge is -2.26. The molecule has 1 fully saturated rings. The van der Waals surface area contributed by atoms with Gasteiger partial charge in [0.25, 0.3) is 11.7 Å². The molecule has 38 heavy (non-hydrogen) atoms. The molecule has 1 aliphatic rings. The van der Waals surface area contributed by atoms with Crippen molar-refractivity contribution in [1.82, 2.24) is 0 Å². The average molecular weight is 536 g/mol. The van der Waals surface area contributed by atoms with Gasteiger partial charge in [-0.2, -0.15) is 0 Å². The first kappa shape index (κ1) is 27.1. The third-order valence-electron chi connectivity index (χ3n) is 6.52. The Bertz CT molecular complexity index is 1380. The summed E-state index contributed by atoms with van der Waals surface area (Å²) in [5.41, 5.74) is 2.37. The van der Waals surface area contributed by atoms with E-state index >= 15 is 0 Å². The molecule has 8 heteroatoms. The molecule has 0 aliphatic carbocycles. The monoisotopic (exact) mass is 535 g/mol. The summed E-state index contributed by atoms with van der Waals surface area (Å²) in [6.07, 6.45) is 0. The summed E-state index contributed by atoms with van der Waals surface area (Å²) in [5, 5.41) is 11.8. The van der Waals surface area contributed by atoms with Gasteiger partial charge in [-0.3, -0.25) is 14.5 Å². The van der Waals surface area contributed by atoms with Gasteiger partial charge in [0.15, 0.2) is 0 Å². The largest absolute Gasteiger partial charge is 0.507 e. The van der Waals surface area contributed by atoms with E-state index in [1.54, 1.807) is 24.3 Å². The fourth-order valence-corrected chi connectivity index (χ4v) is 4.78. The lowest BCUT2D eigenvalue weighted by molar-refractivity contribution is -0.132. The van der Waals surface area contributed by atoms with Crippen LogP contribution in [-0.2, 0) is 9.59 Å². The van der Waals surface area contributed by atoms with Gasteiger partial charge in [0.1, 0.15) is 23.0 Å². The Morgan fingerprint density at radius 2 is 1.61 bits per heavy atom. The second-order valence-electron chi connectivity index (χ2n) is 9.10. The number of anilines is 1. The minimum absolute atomic E-state index is 0.0688. The molecule has 0 radical (unpaired) electrons. The van der Waals surface area contributed by atoms with Crippen LogP contribution in [0.25, 0.3) is 5.76 Å². The summed E-state index contributed by atoms with van der Waals surface area (Å²) in [6, 6.07) is 16.7. The third kappa shape index (κ3) is 4.94. The molecule has 0 aromatic heterocycles. The number of hydrogen-bond donors (Lipinski definition) is 1. The van der Waals surface area contributed by atoms with E-state index < -0.39 is 23.5 Å². The first-order valence-electron chi connectivity index (χ1n) is 12.3. The Hall–Kier alpha value is -3.97. The average Bonchev–Trinajstić information content (AvgIpc) is 3.18. The number of halogens is 1. The van der Waals surface area contributed by atoms with Gasteiger partial charge in [-0.25, -0.2) is 0 Å². The Morgan fingerprint density at radius 1 is 0.974 bits per heavy atom. The molecule has 3 aromatic rings. The highest BCUT2D eigenvalue weighted by Gasteiger charge is 2.47. The van der Waals surface area contributed by atoms with E-state index in [0.29, 0.717) is 35.3 Å². The van der Waals surface area contributed by atoms with Crippen LogP contribution in [-0.4, -0.2) is 37.6 Å². The van der Waals surface area contributed by atoms with E-state index in [4.69, 9.17) is 25.8 Å². The van der Waals surface area contributed by atoms with E-state index in [9.17, 15) is 14.7 Å². The summed E-state index contributed by atoms with van der Waals surface area (Å²) in [5.74, 6) is -0.442. The van der Waals surface area contributed by atoms with E-state index in [0.717, 1.165) is 5.56 Å². The number of aliphatic hydroxyl groups excluding tert-OH is 1. The molecular weight excluding hydrogens is 506 g/mol. The third-order valence-corrected chi connectivity index (χ3v) is 6.81. The maximum absolute atomic E-state index is 13.5. The SMILES string of the molecule is CCOc1ccc(N2C(=O)C(=O)/C(=C(/O)c3cc(Cl)c(OC)cc3OC)C2c2ccc(C(C)C)cc2)cc1. The number of benzene rings is 3. The summed E-state index contributed by atoms with van der Waals surface area (Å²) in [6.45, 7) is 6.55. The minimum Gasteiger partial charge on any atom is -0.507 e. The summed E-state index contributed by atoms with van der Waals surface area (Å²) >= 11 is 6.35. The van der Waals surface area contributed by atoms with Crippen molar-refractivity contribution in [2.45, 2.75) is 32.7 Å². The highest BCUT2D eigenvalue weighted by Crippen LogP contribution is 2.45. The van der Waals surface area contributed by atoms with Gasteiger partial charge >= 0.3 is 0 Å². The van der Waals surface area contributed by atoms with Gasteiger partial charge < -0.3 is 19.3 Å². The number of hydrogen-bond acceptors (Lipinski definition) is 6. The molecule has 1 amide bonds. The molecule has 0 bridgehead atoms. The summed E-state index contributed by atoms with van der Waals surface area (Å²) < 4.78 is 16.3. The highest BCUT2D eigenvalue weighted by molar-refractivity contribution is 6.51. The molecule has 1 heterocycles. The first-order chi connectivity index (χ1) is 18.2. The zero-order valence-corrected chi connectivity index (χ0v) is 22.7. The topological polar surface area (TPSA) is 85.3 Å². The fraction of sp³-hybridized carbons (Fsp3) is 0.267. The lowest BCUT2D eigenvalue weighted by Crippen LogP contribution is -2.29. The number of aliphatic hydroxyl groups is 1. The molecule has 7 nitrogen and oxygen atoms in total. The summed E-state index contributed by atoms with van der Waals surface area (Å²) in [7, 11) is 2.89. The predicted molar refractivity (Wildman–Crippen MR) is 147 cm³/mol. The molecule has 0 spiro atoms. The van der Waals surface area contributed by atoms with Gasteiger partial charge in [-0.05, 0) is 54.3 Å². The van der Waals surface area contributed by atoms with Gasteiger partial charge in [-0.15, -0.1) is 0 Å². The number of Topliss-reactive ketones (excluding diaryl/α,β-unsaturated/α-hetero) is 1.